The van der Waals surface area contributed by atoms with Gasteiger partial charge in [-0.3, -0.25) is 15.0 Å². The van der Waals surface area contributed by atoms with E-state index >= 15 is 0 Å². The summed E-state index contributed by atoms with van der Waals surface area (Å²) in [7, 11) is 1.96. The smallest absolute Gasteiger partial charge is 0.148 e. The first-order valence-electron chi connectivity index (χ1n) is 13.1. The monoisotopic (exact) mass is 545 g/mol. The van der Waals surface area contributed by atoms with Crippen LogP contribution in [0.2, 0.25) is 0 Å². The Morgan fingerprint density at radius 2 is 1.80 bits per heavy atom. The third kappa shape index (κ3) is 5.62. The summed E-state index contributed by atoms with van der Waals surface area (Å²) in [6.45, 7) is 6.91. The fraction of sp³-hybridized carbons (Fsp3) is 0.200. The van der Waals surface area contributed by atoms with Crippen molar-refractivity contribution in [3.05, 3.63) is 102 Å². The molecular formula is C30H29BFN9. The number of nitrogens with zero attached hydrogens (tertiary/aromatic N) is 5. The normalized spacial score (nSPS) is 14.4. The lowest BCUT2D eigenvalue weighted by Crippen LogP contribution is -2.45. The van der Waals surface area contributed by atoms with Gasteiger partial charge in [0.05, 0.1) is 45.4 Å². The van der Waals surface area contributed by atoms with Gasteiger partial charge < -0.3 is 16.1 Å². The summed E-state index contributed by atoms with van der Waals surface area (Å²) in [4.78, 5) is 8.64. The van der Waals surface area contributed by atoms with E-state index < -0.39 is 5.44 Å². The Balaban J connectivity index is 1.64. The van der Waals surface area contributed by atoms with Gasteiger partial charge in [-0.15, -0.1) is 5.53 Å². The highest BCUT2D eigenvalue weighted by Gasteiger charge is 2.35. The van der Waals surface area contributed by atoms with Crippen LogP contribution in [0, 0.1) is 33.9 Å². The van der Waals surface area contributed by atoms with Crippen molar-refractivity contribution in [1.29, 1.82) is 10.5 Å². The predicted molar refractivity (Wildman–Crippen MR) is 160 cm³/mol. The van der Waals surface area contributed by atoms with Crippen molar-refractivity contribution >= 4 is 35.8 Å². The fourth-order valence-corrected chi connectivity index (χ4v) is 4.66. The number of hydrazine groups is 2. The Kier molecular flexibility index (Phi) is 7.23. The number of halogens is 1. The first-order chi connectivity index (χ1) is 19.6. The van der Waals surface area contributed by atoms with Gasteiger partial charge in [0.2, 0.25) is 0 Å². The van der Waals surface area contributed by atoms with Gasteiger partial charge in [-0.25, -0.2) is 4.39 Å². The molecular weight excluding hydrogens is 516 g/mol. The first-order valence-corrected chi connectivity index (χ1v) is 13.1. The molecule has 204 valence electrons. The van der Waals surface area contributed by atoms with Gasteiger partial charge in [0.1, 0.15) is 25.8 Å². The molecule has 0 saturated carbocycles. The molecule has 0 fully saturated rings. The van der Waals surface area contributed by atoms with E-state index in [9.17, 15) is 14.9 Å². The summed E-state index contributed by atoms with van der Waals surface area (Å²) in [5, 5.41) is 29.4. The molecule has 1 atom stereocenters. The van der Waals surface area contributed by atoms with Gasteiger partial charge in [0, 0.05) is 36.2 Å². The average Bonchev–Trinajstić information content (AvgIpc) is 3.47. The van der Waals surface area contributed by atoms with Gasteiger partial charge >= 0.3 is 0 Å². The zero-order valence-corrected chi connectivity index (χ0v) is 23.2. The Morgan fingerprint density at radius 1 is 1.05 bits per heavy atom. The van der Waals surface area contributed by atoms with Crippen molar-refractivity contribution in [3.63, 3.8) is 0 Å². The Hall–Kier alpha value is -5.13. The molecule has 11 heteroatoms. The summed E-state index contributed by atoms with van der Waals surface area (Å²) >= 11 is 0. The van der Waals surface area contributed by atoms with Crippen molar-refractivity contribution in [2.24, 2.45) is 5.41 Å². The number of rotatable bonds is 7. The summed E-state index contributed by atoms with van der Waals surface area (Å²) < 4.78 is 14.0. The Morgan fingerprint density at radius 3 is 2.46 bits per heavy atom. The van der Waals surface area contributed by atoms with E-state index in [1.165, 1.54) is 18.3 Å². The molecule has 0 amide bonds. The Bertz CT molecular complexity index is 1700. The number of hydrogen-bond acceptors (Lipinski definition) is 9. The van der Waals surface area contributed by atoms with Crippen molar-refractivity contribution in [1.82, 2.24) is 20.9 Å². The molecule has 9 nitrogen and oxygen atoms in total. The van der Waals surface area contributed by atoms with Crippen LogP contribution < -0.4 is 26.6 Å². The number of pyridine rings is 2. The Labute approximate surface area is 239 Å². The molecule has 5 rings (SSSR count). The number of nitrogens with one attached hydrogen (secondary N) is 4. The molecule has 2 aromatic carbocycles. The lowest BCUT2D eigenvalue weighted by atomic mass is 9.69. The van der Waals surface area contributed by atoms with Gasteiger partial charge in [-0.1, -0.05) is 32.9 Å². The number of benzene rings is 2. The second-order valence-electron chi connectivity index (χ2n) is 11.2. The molecule has 1 aliphatic rings. The molecule has 0 radical (unpaired) electrons. The first kappa shape index (κ1) is 27.4. The van der Waals surface area contributed by atoms with Crippen molar-refractivity contribution in [2.45, 2.75) is 26.2 Å². The van der Waals surface area contributed by atoms with Crippen LogP contribution >= 0.6 is 0 Å². The highest BCUT2D eigenvalue weighted by molar-refractivity contribution is 6.19. The predicted octanol–water partition coefficient (Wildman–Crippen LogP) is 4.24. The molecule has 2 aromatic heterocycles. The lowest BCUT2D eigenvalue weighted by molar-refractivity contribution is 0.443. The average molecular weight is 545 g/mol. The summed E-state index contributed by atoms with van der Waals surface area (Å²) in [5.74, 6) is -0.346. The highest BCUT2D eigenvalue weighted by Crippen LogP contribution is 2.36. The maximum atomic E-state index is 14.0. The van der Waals surface area contributed by atoms with E-state index in [2.05, 4.69) is 64.5 Å². The van der Waals surface area contributed by atoms with Gasteiger partial charge in [0.25, 0.3) is 0 Å². The van der Waals surface area contributed by atoms with Gasteiger partial charge in [-0.2, -0.15) is 10.5 Å². The molecule has 0 aliphatic carbocycles. The van der Waals surface area contributed by atoms with Crippen molar-refractivity contribution in [3.8, 4) is 12.1 Å². The maximum Gasteiger partial charge on any atom is 0.148 e. The third-order valence-corrected chi connectivity index (χ3v) is 6.86. The molecule has 0 bridgehead atoms. The number of nitriles is 2. The summed E-state index contributed by atoms with van der Waals surface area (Å²) in [6, 6.07) is 18.1. The number of aromatic nitrogens is 2. The zero-order chi connectivity index (χ0) is 29.2. The standard InChI is InChI=1S/C30H29BFN9/c1-29(2,3)18-37-28-20(14-34)15-36-27-19(13-33)11-23(12-25(27)28)38-30(31,21-6-8-22(32)9-7-21)26-17-41(40-39-26)24-5-4-10-35-16-24/h4-12,15-17,38-40H,18,31H2,1-3H3,(H,36,37). The lowest BCUT2D eigenvalue weighted by Gasteiger charge is -2.34. The molecule has 0 saturated heterocycles. The molecule has 1 aliphatic heterocycles. The number of fused-ring (bicyclic) bond motifs is 1. The quantitative estimate of drug-likeness (QED) is 0.253. The van der Waals surface area contributed by atoms with Crippen LogP contribution in [0.25, 0.3) is 10.9 Å². The maximum absolute atomic E-state index is 14.0. The zero-order valence-electron chi connectivity index (χ0n) is 23.2. The third-order valence-electron chi connectivity index (χ3n) is 6.86. The van der Waals surface area contributed by atoms with Crippen molar-refractivity contribution in [2.75, 3.05) is 22.2 Å². The highest BCUT2D eigenvalue weighted by atomic mass is 19.1. The van der Waals surface area contributed by atoms with Crippen LogP contribution in [-0.4, -0.2) is 24.4 Å². The second-order valence-corrected chi connectivity index (χ2v) is 11.2. The van der Waals surface area contributed by atoms with Crippen LogP contribution in [0.1, 0.15) is 37.5 Å². The minimum absolute atomic E-state index is 0.0504. The molecule has 3 heterocycles. The van der Waals surface area contributed by atoms with E-state index in [4.69, 9.17) is 0 Å². The van der Waals surface area contributed by atoms with E-state index in [1.807, 2.05) is 32.2 Å². The molecule has 41 heavy (non-hydrogen) atoms. The molecule has 4 aromatic rings. The topological polar surface area (TPSA) is 125 Å². The SMILES string of the molecule is BC(Nc1cc(C#N)c2ncc(C#N)c(NCC(C)(C)C)c2c1)(C1=CN(c2cccnc2)NN1)c1ccc(F)cc1. The van der Waals surface area contributed by atoms with Gasteiger partial charge in [0.15, 0.2) is 0 Å². The summed E-state index contributed by atoms with van der Waals surface area (Å²) in [6.07, 6.45) is 6.82. The fourth-order valence-electron chi connectivity index (χ4n) is 4.66. The molecule has 0 spiro atoms. The second kappa shape index (κ2) is 10.8. The summed E-state index contributed by atoms with van der Waals surface area (Å²) in [5.41, 5.74) is 10.2. The van der Waals surface area contributed by atoms with E-state index in [0.717, 1.165) is 16.9 Å². The van der Waals surface area contributed by atoms with Crippen LogP contribution in [0.5, 0.6) is 0 Å². The molecule has 4 N–H and O–H groups in total. The van der Waals surface area contributed by atoms with Crippen LogP contribution in [0.3, 0.4) is 0 Å². The van der Waals surface area contributed by atoms with E-state index in [0.29, 0.717) is 39.9 Å². The van der Waals surface area contributed by atoms with Gasteiger partial charge in [-0.05, 0) is 47.4 Å². The van der Waals surface area contributed by atoms with E-state index in [1.54, 1.807) is 35.6 Å². The van der Waals surface area contributed by atoms with Crippen LogP contribution in [0.4, 0.5) is 21.5 Å². The van der Waals surface area contributed by atoms with Crippen LogP contribution in [0.15, 0.2) is 79.0 Å². The van der Waals surface area contributed by atoms with Crippen LogP contribution in [-0.2, 0) is 5.44 Å². The minimum atomic E-state index is -0.905. The molecule has 1 unspecified atom stereocenters. The largest absolute Gasteiger partial charge is 0.383 e. The van der Waals surface area contributed by atoms with E-state index in [-0.39, 0.29) is 11.2 Å². The van der Waals surface area contributed by atoms with Crippen molar-refractivity contribution < 1.29 is 4.39 Å². The minimum Gasteiger partial charge on any atom is -0.383 e. The number of hydrogen-bond donors (Lipinski definition) is 4. The number of anilines is 3.